The number of carbonyl (C=O) groups excluding carboxylic acids is 2. The van der Waals surface area contributed by atoms with Crippen LogP contribution in [0.1, 0.15) is 49.9 Å². The summed E-state index contributed by atoms with van der Waals surface area (Å²) in [6.07, 6.45) is -1.47. The maximum Gasteiger partial charge on any atom is 0.434 e. The summed E-state index contributed by atoms with van der Waals surface area (Å²) in [6, 6.07) is -1.92. The van der Waals surface area contributed by atoms with Crippen LogP contribution in [-0.2, 0) is 28.6 Å². The minimum absolute atomic E-state index is 0.00180. The van der Waals surface area contributed by atoms with Crippen LogP contribution in [0.15, 0.2) is 18.6 Å². The fourth-order valence-electron chi connectivity index (χ4n) is 3.83. The average molecular weight is 491 g/mol. The molecule has 0 aliphatic carbocycles. The molecule has 2 amide bonds. The summed E-state index contributed by atoms with van der Waals surface area (Å²) in [5.41, 5.74) is 4.02. The molecule has 9 nitrogen and oxygen atoms in total. The van der Waals surface area contributed by atoms with Crippen molar-refractivity contribution in [1.82, 2.24) is 29.5 Å². The quantitative estimate of drug-likeness (QED) is 0.548. The third kappa shape index (κ3) is 5.72. The molecule has 0 radical (unpaired) electrons. The van der Waals surface area contributed by atoms with E-state index in [1.54, 1.807) is 20.9 Å². The van der Waals surface area contributed by atoms with Crippen LogP contribution >= 0.6 is 0 Å². The average Bonchev–Trinajstić information content (AvgIpc) is 3.41. The van der Waals surface area contributed by atoms with Crippen molar-refractivity contribution < 1.29 is 31.5 Å². The van der Waals surface area contributed by atoms with Crippen LogP contribution in [-0.4, -0.2) is 61.2 Å². The van der Waals surface area contributed by atoms with E-state index >= 15 is 0 Å². The first-order chi connectivity index (χ1) is 15.7. The Morgan fingerprint density at radius 2 is 1.97 bits per heavy atom. The number of likely N-dealkylation sites (tertiary alicyclic amines) is 1. The molecule has 14 heteroatoms. The van der Waals surface area contributed by atoms with Crippen molar-refractivity contribution in [2.45, 2.75) is 63.5 Å². The van der Waals surface area contributed by atoms with Gasteiger partial charge in [0.05, 0.1) is 12.2 Å². The Balaban J connectivity index is 1.74. The normalized spacial score (nSPS) is 18.1. The molecule has 1 unspecified atom stereocenters. The van der Waals surface area contributed by atoms with Gasteiger partial charge in [-0.3, -0.25) is 9.59 Å². The monoisotopic (exact) mass is 491 g/mol. The number of likely N-dealkylation sites (N-methyl/N-ethyl adjacent to an activating group) is 1. The first kappa shape index (κ1) is 25.6. The Kier molecular flexibility index (Phi) is 7.01. The van der Waals surface area contributed by atoms with Crippen LogP contribution < -0.4 is 11.1 Å². The van der Waals surface area contributed by atoms with E-state index in [4.69, 9.17) is 5.73 Å². The summed E-state index contributed by atoms with van der Waals surface area (Å²) in [5, 5.41) is 6.16. The number of aromatic nitrogens is 4. The SMILES string of the molecule is CN1CCC(n2cc(C(F)(F)F)nc2CC(C)(C)NC(=O)[C@H](N)Cc2cnn(C(F)F)c2)C1=O. The minimum Gasteiger partial charge on any atom is -0.349 e. The number of halogens is 5. The van der Waals surface area contributed by atoms with Crippen molar-refractivity contribution in [2.75, 3.05) is 13.6 Å². The molecule has 2 atom stereocenters. The van der Waals surface area contributed by atoms with Gasteiger partial charge in [-0.15, -0.1) is 0 Å². The highest BCUT2D eigenvalue weighted by Crippen LogP contribution is 2.32. The molecule has 0 spiro atoms. The number of amides is 2. The largest absolute Gasteiger partial charge is 0.434 e. The second-order valence-electron chi connectivity index (χ2n) is 8.98. The smallest absolute Gasteiger partial charge is 0.349 e. The van der Waals surface area contributed by atoms with Crippen molar-refractivity contribution in [3.05, 3.63) is 35.7 Å². The van der Waals surface area contributed by atoms with Gasteiger partial charge in [-0.2, -0.15) is 27.1 Å². The van der Waals surface area contributed by atoms with Gasteiger partial charge in [0.15, 0.2) is 5.69 Å². The lowest BCUT2D eigenvalue weighted by atomic mass is 9.98. The number of hydrogen-bond donors (Lipinski definition) is 2. The van der Waals surface area contributed by atoms with Crippen molar-refractivity contribution in [3.63, 3.8) is 0 Å². The summed E-state index contributed by atoms with van der Waals surface area (Å²) >= 11 is 0. The molecule has 1 aliphatic heterocycles. The lowest BCUT2D eigenvalue weighted by Crippen LogP contribution is -2.52. The zero-order chi connectivity index (χ0) is 25.4. The highest BCUT2D eigenvalue weighted by Gasteiger charge is 2.39. The van der Waals surface area contributed by atoms with E-state index in [2.05, 4.69) is 15.4 Å². The van der Waals surface area contributed by atoms with Crippen LogP contribution in [0, 0.1) is 0 Å². The summed E-state index contributed by atoms with van der Waals surface area (Å²) in [7, 11) is 1.57. The Morgan fingerprint density at radius 3 is 2.50 bits per heavy atom. The van der Waals surface area contributed by atoms with Gasteiger partial charge in [-0.25, -0.2) is 9.67 Å². The first-order valence-corrected chi connectivity index (χ1v) is 10.5. The van der Waals surface area contributed by atoms with Crippen molar-refractivity contribution in [2.24, 2.45) is 5.73 Å². The van der Waals surface area contributed by atoms with Gasteiger partial charge in [-0.1, -0.05) is 0 Å². The summed E-state index contributed by atoms with van der Waals surface area (Å²) < 4.78 is 67.0. The standard InChI is InChI=1S/C20H26F5N7O2/c1-19(2,29-16(33)12(26)6-11-8-27-32(9-11)18(21)22)7-15-28-14(20(23,24)25)10-31(15)13-4-5-30(3)17(13)34/h8-10,12-13,18H,4-7,26H2,1-3H3,(H,29,33)/t12-,13?/m1/s1. The Bertz CT molecular complexity index is 1050. The number of nitrogens with one attached hydrogen (secondary N) is 1. The van der Waals surface area contributed by atoms with E-state index < -0.39 is 41.9 Å². The molecule has 1 fully saturated rings. The van der Waals surface area contributed by atoms with Crippen molar-refractivity contribution in [1.29, 1.82) is 0 Å². The molecule has 0 saturated carbocycles. The van der Waals surface area contributed by atoms with Crippen LogP contribution in [0.25, 0.3) is 0 Å². The molecule has 2 aromatic heterocycles. The van der Waals surface area contributed by atoms with Crippen LogP contribution in [0.4, 0.5) is 22.0 Å². The minimum atomic E-state index is -4.70. The van der Waals surface area contributed by atoms with Crippen LogP contribution in [0.2, 0.25) is 0 Å². The maximum atomic E-state index is 13.3. The first-order valence-electron chi connectivity index (χ1n) is 10.5. The number of rotatable bonds is 8. The third-order valence-electron chi connectivity index (χ3n) is 5.54. The fraction of sp³-hybridized carbons (Fsp3) is 0.600. The highest BCUT2D eigenvalue weighted by atomic mass is 19.4. The molecule has 1 saturated heterocycles. The Labute approximate surface area is 192 Å². The van der Waals surface area contributed by atoms with E-state index in [-0.39, 0.29) is 24.6 Å². The predicted octanol–water partition coefficient (Wildman–Crippen LogP) is 1.90. The predicted molar refractivity (Wildman–Crippen MR) is 110 cm³/mol. The van der Waals surface area contributed by atoms with E-state index in [1.165, 1.54) is 15.7 Å². The lowest BCUT2D eigenvalue weighted by Gasteiger charge is -2.28. The molecular formula is C20H26F5N7O2. The number of carbonyl (C=O) groups is 2. The van der Waals surface area contributed by atoms with E-state index in [0.717, 1.165) is 12.4 Å². The maximum absolute atomic E-state index is 13.3. The molecule has 1 aliphatic rings. The molecule has 3 N–H and O–H groups in total. The molecule has 34 heavy (non-hydrogen) atoms. The molecule has 3 heterocycles. The second-order valence-corrected chi connectivity index (χ2v) is 8.98. The van der Waals surface area contributed by atoms with E-state index in [9.17, 15) is 31.5 Å². The zero-order valence-electron chi connectivity index (χ0n) is 18.8. The summed E-state index contributed by atoms with van der Waals surface area (Å²) in [6.45, 7) is 0.747. The second kappa shape index (κ2) is 9.31. The number of hydrogen-bond acceptors (Lipinski definition) is 5. The van der Waals surface area contributed by atoms with Gasteiger partial charge in [-0.05, 0) is 32.3 Å². The van der Waals surface area contributed by atoms with Gasteiger partial charge in [0, 0.05) is 37.9 Å². The molecule has 0 aromatic carbocycles. The van der Waals surface area contributed by atoms with Gasteiger partial charge >= 0.3 is 12.7 Å². The zero-order valence-corrected chi connectivity index (χ0v) is 18.8. The van der Waals surface area contributed by atoms with Gasteiger partial charge < -0.3 is 20.5 Å². The third-order valence-corrected chi connectivity index (χ3v) is 5.54. The molecule has 0 bridgehead atoms. The van der Waals surface area contributed by atoms with Crippen LogP contribution in [0.3, 0.4) is 0 Å². The molecule has 188 valence electrons. The topological polar surface area (TPSA) is 111 Å². The van der Waals surface area contributed by atoms with E-state index in [1.807, 2.05) is 0 Å². The van der Waals surface area contributed by atoms with Crippen LogP contribution in [0.5, 0.6) is 0 Å². The molecule has 3 rings (SSSR count). The number of imidazole rings is 1. The summed E-state index contributed by atoms with van der Waals surface area (Å²) in [4.78, 5) is 30.2. The van der Waals surface area contributed by atoms with Crippen molar-refractivity contribution in [3.8, 4) is 0 Å². The highest BCUT2D eigenvalue weighted by molar-refractivity contribution is 5.83. The number of nitrogens with zero attached hydrogens (tertiary/aromatic N) is 5. The van der Waals surface area contributed by atoms with Gasteiger partial charge in [0.2, 0.25) is 11.8 Å². The summed E-state index contributed by atoms with van der Waals surface area (Å²) in [5.74, 6) is -0.945. The Hall–Kier alpha value is -3.03. The molecular weight excluding hydrogens is 465 g/mol. The van der Waals surface area contributed by atoms with Gasteiger partial charge in [0.1, 0.15) is 11.9 Å². The van der Waals surface area contributed by atoms with Gasteiger partial charge in [0.25, 0.3) is 0 Å². The number of alkyl halides is 5. The molecule has 2 aromatic rings. The van der Waals surface area contributed by atoms with Crippen molar-refractivity contribution >= 4 is 11.8 Å². The number of nitrogens with two attached hydrogens (primary N) is 1. The van der Waals surface area contributed by atoms with E-state index in [0.29, 0.717) is 23.2 Å². The lowest BCUT2D eigenvalue weighted by molar-refractivity contribution is -0.141. The Morgan fingerprint density at radius 1 is 1.29 bits per heavy atom. The fourth-order valence-corrected chi connectivity index (χ4v) is 3.83.